The molecule has 0 aliphatic rings. The molecule has 0 radical (unpaired) electrons. The van der Waals surface area contributed by atoms with Gasteiger partial charge >= 0.3 is 5.97 Å². The van der Waals surface area contributed by atoms with Crippen molar-refractivity contribution in [2.75, 3.05) is 12.4 Å². The van der Waals surface area contributed by atoms with Crippen molar-refractivity contribution in [1.82, 2.24) is 4.98 Å². The Morgan fingerprint density at radius 2 is 2.00 bits per heavy atom. The van der Waals surface area contributed by atoms with E-state index in [9.17, 15) is 9.59 Å². The van der Waals surface area contributed by atoms with Crippen LogP contribution in [0.1, 0.15) is 10.4 Å². The molecule has 0 saturated heterocycles. The molecule has 3 aromatic rings. The Balaban J connectivity index is 0.00000243. The SMILES string of the molecule is Br.COC(=O)c1ccccc1NC(=O)C[n+]1ccc(-c2ccco2)nc1. The van der Waals surface area contributed by atoms with Crippen molar-refractivity contribution >= 4 is 34.5 Å². The molecule has 0 saturated carbocycles. The number of anilines is 1. The minimum absolute atomic E-state index is 0. The Morgan fingerprint density at radius 1 is 1.19 bits per heavy atom. The van der Waals surface area contributed by atoms with E-state index in [0.717, 1.165) is 0 Å². The van der Waals surface area contributed by atoms with Gasteiger partial charge in [-0.2, -0.15) is 0 Å². The summed E-state index contributed by atoms with van der Waals surface area (Å²) in [6.45, 7) is 0.0565. The Hall–Kier alpha value is -3.00. The van der Waals surface area contributed by atoms with Gasteiger partial charge in [-0.1, -0.05) is 12.1 Å². The van der Waals surface area contributed by atoms with Crippen LogP contribution in [0, 0.1) is 0 Å². The average Bonchev–Trinajstić information content (AvgIpc) is 3.17. The summed E-state index contributed by atoms with van der Waals surface area (Å²) in [5, 5.41) is 2.71. The van der Waals surface area contributed by atoms with Gasteiger partial charge in [0.2, 0.25) is 5.69 Å². The van der Waals surface area contributed by atoms with Gasteiger partial charge in [-0.25, -0.2) is 9.36 Å². The molecule has 7 nitrogen and oxygen atoms in total. The van der Waals surface area contributed by atoms with Crippen molar-refractivity contribution in [3.8, 4) is 11.5 Å². The van der Waals surface area contributed by atoms with Crippen molar-refractivity contribution in [2.45, 2.75) is 6.54 Å². The fourth-order valence-corrected chi connectivity index (χ4v) is 2.28. The van der Waals surface area contributed by atoms with Gasteiger partial charge in [-0.15, -0.1) is 17.0 Å². The molecule has 8 heteroatoms. The molecule has 1 N–H and O–H groups in total. The summed E-state index contributed by atoms with van der Waals surface area (Å²) in [5.41, 5.74) is 1.38. The highest BCUT2D eigenvalue weighted by molar-refractivity contribution is 8.93. The van der Waals surface area contributed by atoms with E-state index < -0.39 is 5.97 Å². The van der Waals surface area contributed by atoms with Crippen LogP contribution in [-0.4, -0.2) is 24.0 Å². The maximum atomic E-state index is 12.2. The van der Waals surface area contributed by atoms with Gasteiger partial charge in [0.25, 0.3) is 12.2 Å². The van der Waals surface area contributed by atoms with E-state index in [-0.39, 0.29) is 29.4 Å². The normalized spacial score (nSPS) is 9.88. The number of furan rings is 1. The first-order valence-corrected chi connectivity index (χ1v) is 7.53. The number of para-hydroxylation sites is 1. The third kappa shape index (κ3) is 4.54. The molecular formula is C18H17BrN3O4+. The fraction of sp³-hybridized carbons (Fsp3) is 0.111. The standard InChI is InChI=1S/C18H15N3O4.BrH/c1-24-18(23)13-5-2-3-6-14(13)20-17(22)11-21-9-8-15(19-12-21)16-7-4-10-25-16;/h2-10,12H,11H2,1H3;1H/p+1. The van der Waals surface area contributed by atoms with Crippen LogP contribution in [0.3, 0.4) is 0 Å². The number of nitrogens with one attached hydrogen (secondary N) is 1. The molecule has 2 heterocycles. The minimum Gasteiger partial charge on any atom is -0.465 e. The lowest BCUT2D eigenvalue weighted by Gasteiger charge is -2.08. The summed E-state index contributed by atoms with van der Waals surface area (Å²) < 4.78 is 11.6. The first-order valence-electron chi connectivity index (χ1n) is 7.53. The van der Waals surface area contributed by atoms with Crippen molar-refractivity contribution in [2.24, 2.45) is 0 Å². The Kier molecular flexibility index (Phi) is 6.62. The number of hydrogen-bond acceptors (Lipinski definition) is 5. The van der Waals surface area contributed by atoms with Crippen LogP contribution in [0.4, 0.5) is 5.69 Å². The zero-order valence-electron chi connectivity index (χ0n) is 13.9. The topological polar surface area (TPSA) is 85.3 Å². The van der Waals surface area contributed by atoms with E-state index in [1.807, 2.05) is 6.07 Å². The first kappa shape index (κ1) is 19.3. The van der Waals surface area contributed by atoms with Crippen LogP contribution >= 0.6 is 17.0 Å². The number of aromatic nitrogens is 2. The van der Waals surface area contributed by atoms with Gasteiger partial charge in [0.05, 0.1) is 30.8 Å². The zero-order chi connectivity index (χ0) is 17.6. The lowest BCUT2D eigenvalue weighted by molar-refractivity contribution is -0.686. The molecule has 0 unspecified atom stereocenters. The monoisotopic (exact) mass is 418 g/mol. The molecule has 3 rings (SSSR count). The number of amides is 1. The second-order valence-electron chi connectivity index (χ2n) is 5.18. The van der Waals surface area contributed by atoms with Gasteiger partial charge in [0.15, 0.2) is 12.3 Å². The molecule has 1 amide bonds. The fourth-order valence-electron chi connectivity index (χ4n) is 2.28. The Bertz CT molecular complexity index is 880. The number of benzene rings is 1. The van der Waals surface area contributed by atoms with E-state index in [1.165, 1.54) is 7.11 Å². The van der Waals surface area contributed by atoms with E-state index in [2.05, 4.69) is 10.3 Å². The number of carbonyl (C=O) groups is 2. The number of halogens is 1. The number of esters is 1. The summed E-state index contributed by atoms with van der Waals surface area (Å²) in [4.78, 5) is 28.2. The van der Waals surface area contributed by atoms with Crippen molar-refractivity contribution in [3.05, 3.63) is 66.8 Å². The van der Waals surface area contributed by atoms with Gasteiger partial charge in [0.1, 0.15) is 0 Å². The number of carbonyl (C=O) groups excluding carboxylic acids is 2. The first-order chi connectivity index (χ1) is 12.2. The van der Waals surface area contributed by atoms with Crippen LogP contribution < -0.4 is 9.88 Å². The van der Waals surface area contributed by atoms with E-state index >= 15 is 0 Å². The predicted molar refractivity (Wildman–Crippen MR) is 98.9 cm³/mol. The van der Waals surface area contributed by atoms with Gasteiger partial charge < -0.3 is 14.5 Å². The largest absolute Gasteiger partial charge is 0.465 e. The van der Waals surface area contributed by atoms with E-state index in [1.54, 1.807) is 59.8 Å². The summed E-state index contributed by atoms with van der Waals surface area (Å²) in [6, 6.07) is 12.0. The molecule has 0 aliphatic heterocycles. The molecular weight excluding hydrogens is 402 g/mol. The second-order valence-corrected chi connectivity index (χ2v) is 5.18. The van der Waals surface area contributed by atoms with Crippen molar-refractivity contribution in [3.63, 3.8) is 0 Å². The third-order valence-electron chi connectivity index (χ3n) is 3.48. The molecule has 134 valence electrons. The highest BCUT2D eigenvalue weighted by atomic mass is 79.9. The van der Waals surface area contributed by atoms with Crippen LogP contribution in [0.25, 0.3) is 11.5 Å². The maximum Gasteiger partial charge on any atom is 0.339 e. The highest BCUT2D eigenvalue weighted by Gasteiger charge is 2.15. The quantitative estimate of drug-likeness (QED) is 0.508. The number of hydrogen-bond donors (Lipinski definition) is 1. The number of methoxy groups -OCH3 is 1. The zero-order valence-corrected chi connectivity index (χ0v) is 15.6. The van der Waals surface area contributed by atoms with Gasteiger partial charge in [-0.05, 0) is 29.2 Å². The lowest BCUT2D eigenvalue weighted by atomic mass is 10.2. The predicted octanol–water partition coefficient (Wildman–Crippen LogP) is 2.63. The molecule has 0 fully saturated rings. The van der Waals surface area contributed by atoms with E-state index in [4.69, 9.17) is 9.15 Å². The molecule has 26 heavy (non-hydrogen) atoms. The summed E-state index contributed by atoms with van der Waals surface area (Å²) in [6.07, 6.45) is 4.85. The minimum atomic E-state index is -0.506. The Labute approximate surface area is 160 Å². The summed E-state index contributed by atoms with van der Waals surface area (Å²) in [5.74, 6) is -0.134. The second kappa shape index (κ2) is 8.91. The summed E-state index contributed by atoms with van der Waals surface area (Å²) >= 11 is 0. The highest BCUT2D eigenvalue weighted by Crippen LogP contribution is 2.16. The number of ether oxygens (including phenoxy) is 1. The van der Waals surface area contributed by atoms with Crippen LogP contribution in [0.5, 0.6) is 0 Å². The van der Waals surface area contributed by atoms with Crippen LogP contribution in [0.2, 0.25) is 0 Å². The maximum absolute atomic E-state index is 12.2. The van der Waals surface area contributed by atoms with Crippen LogP contribution in [-0.2, 0) is 16.1 Å². The van der Waals surface area contributed by atoms with Crippen molar-refractivity contribution < 1.29 is 23.3 Å². The third-order valence-corrected chi connectivity index (χ3v) is 3.48. The smallest absolute Gasteiger partial charge is 0.339 e. The number of nitrogens with zero attached hydrogens (tertiary/aromatic N) is 2. The molecule has 0 spiro atoms. The molecule has 0 bridgehead atoms. The van der Waals surface area contributed by atoms with Gasteiger partial charge in [0, 0.05) is 6.07 Å². The van der Waals surface area contributed by atoms with Crippen LogP contribution in [0.15, 0.2) is 65.7 Å². The molecule has 0 atom stereocenters. The molecule has 1 aromatic carbocycles. The van der Waals surface area contributed by atoms with Gasteiger partial charge in [-0.3, -0.25) is 4.79 Å². The molecule has 0 aliphatic carbocycles. The molecule has 2 aromatic heterocycles. The summed E-state index contributed by atoms with van der Waals surface area (Å²) in [7, 11) is 1.29. The average molecular weight is 419 g/mol. The van der Waals surface area contributed by atoms with Crippen molar-refractivity contribution in [1.29, 1.82) is 0 Å². The number of rotatable bonds is 5. The Morgan fingerprint density at radius 3 is 2.65 bits per heavy atom. The lowest BCUT2D eigenvalue weighted by Crippen LogP contribution is -2.40. The van der Waals surface area contributed by atoms with E-state index in [0.29, 0.717) is 22.7 Å².